The molecule has 4 rings (SSSR count). The summed E-state index contributed by atoms with van der Waals surface area (Å²) in [7, 11) is 1.67. The second-order valence-electron chi connectivity index (χ2n) is 8.14. The number of hydrogen-bond donors (Lipinski definition) is 1. The molecular weight excluding hydrogens is 332 g/mol. The summed E-state index contributed by atoms with van der Waals surface area (Å²) >= 11 is 0. The molecule has 0 aromatic heterocycles. The van der Waals surface area contributed by atoms with E-state index in [-0.39, 0.29) is 29.9 Å². The van der Waals surface area contributed by atoms with E-state index < -0.39 is 11.6 Å². The highest BCUT2D eigenvalue weighted by Crippen LogP contribution is 2.54. The van der Waals surface area contributed by atoms with Crippen LogP contribution in [0.15, 0.2) is 24.3 Å². The van der Waals surface area contributed by atoms with Crippen molar-refractivity contribution >= 4 is 17.7 Å². The van der Waals surface area contributed by atoms with E-state index in [4.69, 9.17) is 0 Å². The van der Waals surface area contributed by atoms with E-state index in [1.807, 2.05) is 6.92 Å². The number of fused-ring (bicyclic) bond motifs is 2. The molecule has 3 aliphatic rings. The Morgan fingerprint density at radius 1 is 1.27 bits per heavy atom. The van der Waals surface area contributed by atoms with Crippen LogP contribution < -0.4 is 0 Å². The number of urea groups is 1. The van der Waals surface area contributed by atoms with Gasteiger partial charge in [-0.3, -0.25) is 14.5 Å². The largest absolute Gasteiger partial charge is 0.508 e. The lowest BCUT2D eigenvalue weighted by Gasteiger charge is -2.39. The number of carbonyl (C=O) groups is 3. The topological polar surface area (TPSA) is 77.9 Å². The van der Waals surface area contributed by atoms with Gasteiger partial charge in [0.2, 0.25) is 0 Å². The molecule has 6 heteroatoms. The van der Waals surface area contributed by atoms with Gasteiger partial charge in [0.05, 0.1) is 6.54 Å². The van der Waals surface area contributed by atoms with Gasteiger partial charge in [0.1, 0.15) is 11.3 Å². The van der Waals surface area contributed by atoms with Crippen LogP contribution in [0, 0.1) is 17.8 Å². The SMILES string of the molecule is CN1C(=O)N(CC(=O)c2cccc(O)c2)C(=O)C1(C)[C@@H]1C[C@@H]2CC[C@H]1C2. The number of Topliss-reactive ketones (excluding diaryl/α,β-unsaturated/α-hetero) is 1. The molecule has 2 aliphatic carbocycles. The van der Waals surface area contributed by atoms with E-state index in [1.54, 1.807) is 19.2 Å². The molecule has 1 aromatic carbocycles. The second kappa shape index (κ2) is 5.83. The first kappa shape index (κ1) is 17.1. The highest BCUT2D eigenvalue weighted by molar-refractivity contribution is 6.11. The minimum Gasteiger partial charge on any atom is -0.508 e. The maximum absolute atomic E-state index is 13.2. The van der Waals surface area contributed by atoms with E-state index in [2.05, 4.69) is 0 Å². The van der Waals surface area contributed by atoms with Gasteiger partial charge < -0.3 is 10.0 Å². The fourth-order valence-corrected chi connectivity index (χ4v) is 5.28. The zero-order valence-corrected chi connectivity index (χ0v) is 15.1. The number of hydrogen-bond acceptors (Lipinski definition) is 4. The van der Waals surface area contributed by atoms with Crippen molar-refractivity contribution in [3.8, 4) is 5.75 Å². The molecule has 4 atom stereocenters. The molecular formula is C20H24N2O4. The quantitative estimate of drug-likeness (QED) is 0.665. The molecule has 2 bridgehead atoms. The van der Waals surface area contributed by atoms with Gasteiger partial charge in [0, 0.05) is 12.6 Å². The lowest BCUT2D eigenvalue weighted by atomic mass is 9.74. The molecule has 138 valence electrons. The molecule has 1 N–H and O–H groups in total. The van der Waals surface area contributed by atoms with Crippen molar-refractivity contribution in [3.63, 3.8) is 0 Å². The third-order valence-electron chi connectivity index (χ3n) is 6.82. The van der Waals surface area contributed by atoms with Crippen molar-refractivity contribution in [2.75, 3.05) is 13.6 Å². The number of carbonyl (C=O) groups excluding carboxylic acids is 3. The average molecular weight is 356 g/mol. The Morgan fingerprint density at radius 2 is 2.04 bits per heavy atom. The Hall–Kier alpha value is -2.37. The van der Waals surface area contributed by atoms with Crippen LogP contribution in [-0.4, -0.2) is 51.8 Å². The van der Waals surface area contributed by atoms with E-state index >= 15 is 0 Å². The molecule has 0 radical (unpaired) electrons. The highest BCUT2D eigenvalue weighted by atomic mass is 16.3. The number of phenolic OH excluding ortho intramolecular Hbond substituents is 1. The molecule has 2 saturated carbocycles. The monoisotopic (exact) mass is 356 g/mol. The number of likely N-dealkylation sites (N-methyl/N-ethyl adjacent to an activating group) is 1. The van der Waals surface area contributed by atoms with Gasteiger partial charge in [0.15, 0.2) is 5.78 Å². The predicted octanol–water partition coefficient (Wildman–Crippen LogP) is 2.66. The number of rotatable bonds is 4. The number of ketones is 1. The van der Waals surface area contributed by atoms with Crippen LogP contribution in [0.25, 0.3) is 0 Å². The molecule has 1 aromatic rings. The van der Waals surface area contributed by atoms with Gasteiger partial charge in [-0.25, -0.2) is 4.79 Å². The van der Waals surface area contributed by atoms with Crippen LogP contribution in [0.3, 0.4) is 0 Å². The van der Waals surface area contributed by atoms with E-state index in [1.165, 1.54) is 23.5 Å². The average Bonchev–Trinajstić information content (AvgIpc) is 3.30. The zero-order chi connectivity index (χ0) is 18.6. The van der Waals surface area contributed by atoms with Gasteiger partial charge in [-0.15, -0.1) is 0 Å². The predicted molar refractivity (Wildman–Crippen MR) is 94.7 cm³/mol. The lowest BCUT2D eigenvalue weighted by molar-refractivity contribution is -0.135. The van der Waals surface area contributed by atoms with Crippen molar-refractivity contribution in [2.24, 2.45) is 17.8 Å². The summed E-state index contributed by atoms with van der Waals surface area (Å²) in [5, 5.41) is 9.55. The molecule has 3 fully saturated rings. The van der Waals surface area contributed by atoms with Gasteiger partial charge in [-0.1, -0.05) is 18.6 Å². The summed E-state index contributed by atoms with van der Waals surface area (Å²) in [5.74, 6) is 0.693. The number of nitrogens with zero attached hydrogens (tertiary/aromatic N) is 2. The zero-order valence-electron chi connectivity index (χ0n) is 15.1. The van der Waals surface area contributed by atoms with Gasteiger partial charge in [-0.05, 0) is 56.1 Å². The number of aromatic hydroxyl groups is 1. The summed E-state index contributed by atoms with van der Waals surface area (Å²) in [4.78, 5) is 41.1. The molecule has 6 nitrogen and oxygen atoms in total. The standard InChI is InChI=1S/C20H24N2O4/c1-20(16-9-12-6-7-13(16)8-12)18(25)22(19(26)21(20)2)11-17(24)14-4-3-5-15(23)10-14/h3-5,10,12-13,16,23H,6-9,11H2,1-2H3/t12-,13+,16-,20?/m1/s1. The number of phenols is 1. The van der Waals surface area contributed by atoms with Crippen molar-refractivity contribution in [2.45, 2.75) is 38.1 Å². The van der Waals surface area contributed by atoms with Crippen LogP contribution in [-0.2, 0) is 4.79 Å². The van der Waals surface area contributed by atoms with Crippen LogP contribution in [0.2, 0.25) is 0 Å². The van der Waals surface area contributed by atoms with Crippen LogP contribution in [0.4, 0.5) is 4.79 Å². The maximum Gasteiger partial charge on any atom is 0.327 e. The van der Waals surface area contributed by atoms with E-state index in [0.29, 0.717) is 17.4 Å². The molecule has 1 heterocycles. The summed E-state index contributed by atoms with van der Waals surface area (Å²) in [6.45, 7) is 1.57. The molecule has 3 amide bonds. The van der Waals surface area contributed by atoms with Crippen molar-refractivity contribution in [1.82, 2.24) is 9.80 Å². The second-order valence-corrected chi connectivity index (χ2v) is 8.14. The van der Waals surface area contributed by atoms with Gasteiger partial charge in [-0.2, -0.15) is 0 Å². The summed E-state index contributed by atoms with van der Waals surface area (Å²) in [5.41, 5.74) is -0.572. The third-order valence-corrected chi connectivity index (χ3v) is 6.82. The number of amides is 3. The van der Waals surface area contributed by atoms with Gasteiger partial charge in [0.25, 0.3) is 5.91 Å². The Labute approximate surface area is 152 Å². The molecule has 0 spiro atoms. The maximum atomic E-state index is 13.2. The smallest absolute Gasteiger partial charge is 0.327 e. The van der Waals surface area contributed by atoms with Crippen LogP contribution in [0.5, 0.6) is 5.75 Å². The van der Waals surface area contributed by atoms with Crippen molar-refractivity contribution < 1.29 is 19.5 Å². The Morgan fingerprint density at radius 3 is 2.65 bits per heavy atom. The van der Waals surface area contributed by atoms with E-state index in [9.17, 15) is 19.5 Å². The number of benzene rings is 1. The minimum absolute atomic E-state index is 0.0149. The molecule has 1 unspecified atom stereocenters. The number of imide groups is 1. The fourth-order valence-electron chi connectivity index (χ4n) is 5.28. The summed E-state index contributed by atoms with van der Waals surface area (Å²) in [6.07, 6.45) is 4.49. The third kappa shape index (κ3) is 2.35. The summed E-state index contributed by atoms with van der Waals surface area (Å²) in [6, 6.07) is 5.57. The normalized spacial score (nSPS) is 33.4. The Bertz CT molecular complexity index is 792. The Balaban J connectivity index is 1.57. The highest BCUT2D eigenvalue weighted by Gasteiger charge is 2.61. The summed E-state index contributed by atoms with van der Waals surface area (Å²) < 4.78 is 0. The fraction of sp³-hybridized carbons (Fsp3) is 0.550. The van der Waals surface area contributed by atoms with Crippen LogP contribution in [0.1, 0.15) is 43.0 Å². The van der Waals surface area contributed by atoms with E-state index in [0.717, 1.165) is 24.2 Å². The van der Waals surface area contributed by atoms with Crippen molar-refractivity contribution in [1.29, 1.82) is 0 Å². The first-order valence-corrected chi connectivity index (χ1v) is 9.24. The first-order chi connectivity index (χ1) is 12.3. The van der Waals surface area contributed by atoms with Gasteiger partial charge >= 0.3 is 6.03 Å². The van der Waals surface area contributed by atoms with Crippen LogP contribution >= 0.6 is 0 Å². The molecule has 1 aliphatic heterocycles. The Kier molecular flexibility index (Phi) is 3.82. The first-order valence-electron chi connectivity index (χ1n) is 9.24. The lowest BCUT2D eigenvalue weighted by Crippen LogP contribution is -2.53. The van der Waals surface area contributed by atoms with Crippen molar-refractivity contribution in [3.05, 3.63) is 29.8 Å². The molecule has 1 saturated heterocycles. The minimum atomic E-state index is -0.865. The molecule has 26 heavy (non-hydrogen) atoms.